The largest absolute Gasteiger partial charge is 0.493 e. The summed E-state index contributed by atoms with van der Waals surface area (Å²) in [6.07, 6.45) is 7.41. The summed E-state index contributed by atoms with van der Waals surface area (Å²) in [5, 5.41) is 0. The lowest BCUT2D eigenvalue weighted by atomic mass is 9.85. The van der Waals surface area contributed by atoms with Crippen molar-refractivity contribution in [2.45, 2.75) is 64.5 Å². The molecule has 0 aliphatic heterocycles. The summed E-state index contributed by atoms with van der Waals surface area (Å²) in [6, 6.07) is 6.33. The maximum absolute atomic E-state index is 6.34. The van der Waals surface area contributed by atoms with Gasteiger partial charge in [-0.2, -0.15) is 0 Å². The Bertz CT molecular complexity index is 445. The average Bonchev–Trinajstić information content (AvgIpc) is 2.47. The van der Waals surface area contributed by atoms with Crippen LogP contribution in [0.25, 0.3) is 0 Å². The molecular weight excluding hydrogens is 262 g/mol. The van der Waals surface area contributed by atoms with E-state index in [0.29, 0.717) is 12.0 Å². The average molecular weight is 291 g/mol. The fourth-order valence-corrected chi connectivity index (χ4v) is 3.27. The maximum atomic E-state index is 6.34. The summed E-state index contributed by atoms with van der Waals surface area (Å²) in [6.45, 7) is 4.29. The van der Waals surface area contributed by atoms with Gasteiger partial charge in [-0.25, -0.2) is 0 Å². The van der Waals surface area contributed by atoms with E-state index >= 15 is 0 Å². The van der Waals surface area contributed by atoms with Crippen LogP contribution in [0.5, 0.6) is 11.5 Å². The molecule has 3 heteroatoms. The number of rotatable bonds is 6. The van der Waals surface area contributed by atoms with E-state index in [2.05, 4.69) is 19.1 Å². The molecule has 1 fully saturated rings. The topological polar surface area (TPSA) is 44.5 Å². The van der Waals surface area contributed by atoms with Crippen LogP contribution in [0.1, 0.15) is 51.5 Å². The summed E-state index contributed by atoms with van der Waals surface area (Å²) in [4.78, 5) is 0. The molecule has 3 atom stereocenters. The zero-order valence-corrected chi connectivity index (χ0v) is 13.6. The molecule has 21 heavy (non-hydrogen) atoms. The molecule has 0 bridgehead atoms. The van der Waals surface area contributed by atoms with Crippen LogP contribution in [0, 0.1) is 5.92 Å². The van der Waals surface area contributed by atoms with Crippen molar-refractivity contribution in [2.75, 3.05) is 7.11 Å². The van der Waals surface area contributed by atoms with Crippen LogP contribution in [0.2, 0.25) is 0 Å². The molecule has 3 nitrogen and oxygen atoms in total. The SMILES string of the molecule is CCC1CCCCC1Oc1cc(CC(C)N)ccc1OC. The molecule has 3 unspecified atom stereocenters. The van der Waals surface area contributed by atoms with E-state index in [0.717, 1.165) is 24.3 Å². The zero-order chi connectivity index (χ0) is 15.2. The van der Waals surface area contributed by atoms with Gasteiger partial charge in [-0.05, 0) is 62.6 Å². The molecule has 1 saturated carbocycles. The number of nitrogens with two attached hydrogens (primary N) is 1. The van der Waals surface area contributed by atoms with Gasteiger partial charge >= 0.3 is 0 Å². The maximum Gasteiger partial charge on any atom is 0.161 e. The summed E-state index contributed by atoms with van der Waals surface area (Å²) in [5.41, 5.74) is 7.11. The van der Waals surface area contributed by atoms with Crippen LogP contribution in [0.3, 0.4) is 0 Å². The van der Waals surface area contributed by atoms with E-state index < -0.39 is 0 Å². The lowest BCUT2D eigenvalue weighted by Crippen LogP contribution is -2.30. The molecule has 0 aromatic heterocycles. The van der Waals surface area contributed by atoms with Crippen LogP contribution in [0.4, 0.5) is 0 Å². The Kier molecular flexibility index (Phi) is 5.92. The van der Waals surface area contributed by atoms with Crippen LogP contribution in [-0.2, 0) is 6.42 Å². The lowest BCUT2D eigenvalue weighted by molar-refractivity contribution is 0.0872. The second kappa shape index (κ2) is 7.69. The summed E-state index contributed by atoms with van der Waals surface area (Å²) in [5.74, 6) is 2.37. The predicted octanol–water partition coefficient (Wildman–Crippen LogP) is 3.93. The smallest absolute Gasteiger partial charge is 0.161 e. The molecule has 0 saturated heterocycles. The highest BCUT2D eigenvalue weighted by molar-refractivity contribution is 5.43. The van der Waals surface area contributed by atoms with Crippen LogP contribution >= 0.6 is 0 Å². The molecule has 0 spiro atoms. The quantitative estimate of drug-likeness (QED) is 0.863. The number of hydrogen-bond donors (Lipinski definition) is 1. The minimum atomic E-state index is 0.157. The first kappa shape index (κ1) is 16.2. The van der Waals surface area contributed by atoms with Crippen molar-refractivity contribution >= 4 is 0 Å². The monoisotopic (exact) mass is 291 g/mol. The number of hydrogen-bond acceptors (Lipinski definition) is 3. The van der Waals surface area contributed by atoms with Gasteiger partial charge in [0, 0.05) is 6.04 Å². The number of ether oxygens (including phenoxy) is 2. The first-order chi connectivity index (χ1) is 10.1. The number of methoxy groups -OCH3 is 1. The van der Waals surface area contributed by atoms with E-state index in [1.165, 1.54) is 31.2 Å². The lowest BCUT2D eigenvalue weighted by Gasteiger charge is -2.31. The Labute approximate surface area is 128 Å². The third-order valence-corrected chi connectivity index (χ3v) is 4.43. The van der Waals surface area contributed by atoms with Crippen LogP contribution in [-0.4, -0.2) is 19.3 Å². The molecule has 0 amide bonds. The summed E-state index contributed by atoms with van der Waals surface area (Å²) >= 11 is 0. The van der Waals surface area contributed by atoms with Gasteiger partial charge in [-0.3, -0.25) is 0 Å². The first-order valence-electron chi connectivity index (χ1n) is 8.23. The molecule has 1 aromatic rings. The van der Waals surface area contributed by atoms with Crippen molar-refractivity contribution in [3.63, 3.8) is 0 Å². The highest BCUT2D eigenvalue weighted by Crippen LogP contribution is 2.35. The van der Waals surface area contributed by atoms with Crippen molar-refractivity contribution in [3.8, 4) is 11.5 Å². The van der Waals surface area contributed by atoms with E-state index in [-0.39, 0.29) is 6.04 Å². The standard InChI is InChI=1S/C18H29NO2/c1-4-15-7-5-6-8-16(15)21-18-12-14(11-13(2)19)9-10-17(18)20-3/h9-10,12-13,15-16H,4-8,11,19H2,1-3H3. The fraction of sp³-hybridized carbons (Fsp3) is 0.667. The normalized spacial score (nSPS) is 23.6. The Morgan fingerprint density at radius 1 is 1.24 bits per heavy atom. The van der Waals surface area contributed by atoms with Crippen LogP contribution < -0.4 is 15.2 Å². The Morgan fingerprint density at radius 2 is 2.00 bits per heavy atom. The number of benzene rings is 1. The summed E-state index contributed by atoms with van der Waals surface area (Å²) < 4.78 is 11.8. The van der Waals surface area contributed by atoms with Gasteiger partial charge in [-0.15, -0.1) is 0 Å². The molecule has 0 heterocycles. The molecule has 1 aliphatic carbocycles. The minimum Gasteiger partial charge on any atom is -0.493 e. The highest BCUT2D eigenvalue weighted by atomic mass is 16.5. The van der Waals surface area contributed by atoms with Gasteiger partial charge in [0.1, 0.15) is 6.10 Å². The van der Waals surface area contributed by atoms with E-state index in [4.69, 9.17) is 15.2 Å². The van der Waals surface area contributed by atoms with Gasteiger partial charge in [0.2, 0.25) is 0 Å². The molecular formula is C18H29NO2. The second-order valence-electron chi connectivity index (χ2n) is 6.28. The molecule has 1 aromatic carbocycles. The Morgan fingerprint density at radius 3 is 2.67 bits per heavy atom. The van der Waals surface area contributed by atoms with Crippen molar-refractivity contribution in [3.05, 3.63) is 23.8 Å². The van der Waals surface area contributed by atoms with Gasteiger partial charge < -0.3 is 15.2 Å². The molecule has 2 rings (SSSR count). The van der Waals surface area contributed by atoms with Gasteiger partial charge in [0.25, 0.3) is 0 Å². The minimum absolute atomic E-state index is 0.157. The fourth-order valence-electron chi connectivity index (χ4n) is 3.27. The van der Waals surface area contributed by atoms with Crippen molar-refractivity contribution in [2.24, 2.45) is 11.7 Å². The third kappa shape index (κ3) is 4.37. The third-order valence-electron chi connectivity index (χ3n) is 4.43. The first-order valence-corrected chi connectivity index (χ1v) is 8.23. The van der Waals surface area contributed by atoms with E-state index in [1.807, 2.05) is 13.0 Å². The zero-order valence-electron chi connectivity index (χ0n) is 13.6. The highest BCUT2D eigenvalue weighted by Gasteiger charge is 2.26. The van der Waals surface area contributed by atoms with Crippen molar-refractivity contribution < 1.29 is 9.47 Å². The molecule has 1 aliphatic rings. The van der Waals surface area contributed by atoms with E-state index in [1.54, 1.807) is 7.11 Å². The van der Waals surface area contributed by atoms with Gasteiger partial charge in [0.05, 0.1) is 7.11 Å². The molecule has 2 N–H and O–H groups in total. The van der Waals surface area contributed by atoms with Gasteiger partial charge in [-0.1, -0.05) is 19.4 Å². The van der Waals surface area contributed by atoms with E-state index in [9.17, 15) is 0 Å². The molecule has 0 radical (unpaired) electrons. The van der Waals surface area contributed by atoms with Crippen LogP contribution in [0.15, 0.2) is 18.2 Å². The van der Waals surface area contributed by atoms with Gasteiger partial charge in [0.15, 0.2) is 11.5 Å². The Hall–Kier alpha value is -1.22. The Balaban J connectivity index is 2.15. The molecule has 118 valence electrons. The predicted molar refractivity (Wildman–Crippen MR) is 87.0 cm³/mol. The summed E-state index contributed by atoms with van der Waals surface area (Å²) in [7, 11) is 1.70. The second-order valence-corrected chi connectivity index (χ2v) is 6.28. The van der Waals surface area contributed by atoms with Crippen molar-refractivity contribution in [1.29, 1.82) is 0 Å². The van der Waals surface area contributed by atoms with Crippen molar-refractivity contribution in [1.82, 2.24) is 0 Å².